The Morgan fingerprint density at radius 1 is 1.40 bits per heavy atom. The summed E-state index contributed by atoms with van der Waals surface area (Å²) in [7, 11) is 1.66. The highest BCUT2D eigenvalue weighted by Crippen LogP contribution is 2.14. The lowest BCUT2D eigenvalue weighted by atomic mass is 10.2. The zero-order valence-corrected chi connectivity index (χ0v) is 9.40. The Morgan fingerprint density at radius 3 is 2.80 bits per heavy atom. The molecule has 15 heavy (non-hydrogen) atoms. The van der Waals surface area contributed by atoms with Crippen LogP contribution in [0.1, 0.15) is 18.9 Å². The molecule has 0 heterocycles. The molecule has 0 aliphatic heterocycles. The molecule has 1 aromatic rings. The van der Waals surface area contributed by atoms with Gasteiger partial charge in [0, 0.05) is 6.54 Å². The first-order chi connectivity index (χ1) is 7.30. The lowest BCUT2D eigenvalue weighted by molar-refractivity contribution is 0.0440. The van der Waals surface area contributed by atoms with Crippen molar-refractivity contribution in [2.45, 2.75) is 26.1 Å². The van der Waals surface area contributed by atoms with E-state index in [1.165, 1.54) is 0 Å². The molecule has 1 unspecified atom stereocenters. The summed E-state index contributed by atoms with van der Waals surface area (Å²) >= 11 is 0. The molecule has 2 N–H and O–H groups in total. The van der Waals surface area contributed by atoms with Gasteiger partial charge in [0.1, 0.15) is 5.75 Å². The van der Waals surface area contributed by atoms with E-state index in [0.29, 0.717) is 13.2 Å². The van der Waals surface area contributed by atoms with Gasteiger partial charge in [0.2, 0.25) is 0 Å². The highest BCUT2D eigenvalue weighted by Gasteiger charge is 2.04. The second-order valence-corrected chi connectivity index (χ2v) is 3.43. The van der Waals surface area contributed by atoms with E-state index >= 15 is 0 Å². The van der Waals surface area contributed by atoms with Gasteiger partial charge in [-0.1, -0.05) is 19.1 Å². The molecule has 0 saturated heterocycles. The molecule has 0 amide bonds. The number of nitrogens with two attached hydrogens (primary N) is 1. The van der Waals surface area contributed by atoms with Gasteiger partial charge in [-0.05, 0) is 24.1 Å². The molecule has 3 heteroatoms. The molecular formula is C12H19NO2. The average Bonchev–Trinajstić information content (AvgIpc) is 2.31. The van der Waals surface area contributed by atoms with Crippen molar-refractivity contribution in [3.05, 3.63) is 29.8 Å². The minimum Gasteiger partial charge on any atom is -0.497 e. The maximum absolute atomic E-state index is 5.65. The van der Waals surface area contributed by atoms with E-state index in [0.717, 1.165) is 17.7 Å². The van der Waals surface area contributed by atoms with E-state index in [-0.39, 0.29) is 6.10 Å². The molecule has 0 saturated carbocycles. The fourth-order valence-corrected chi connectivity index (χ4v) is 1.33. The third kappa shape index (κ3) is 3.90. The van der Waals surface area contributed by atoms with E-state index in [4.69, 9.17) is 15.2 Å². The third-order valence-electron chi connectivity index (χ3n) is 2.34. The van der Waals surface area contributed by atoms with E-state index in [1.807, 2.05) is 24.3 Å². The largest absolute Gasteiger partial charge is 0.497 e. The van der Waals surface area contributed by atoms with Crippen LogP contribution in [0.5, 0.6) is 5.75 Å². The van der Waals surface area contributed by atoms with Crippen molar-refractivity contribution in [3.63, 3.8) is 0 Å². The maximum atomic E-state index is 5.65. The highest BCUT2D eigenvalue weighted by molar-refractivity contribution is 5.27. The number of benzene rings is 1. The predicted octanol–water partition coefficient (Wildman–Crippen LogP) is 1.95. The summed E-state index contributed by atoms with van der Waals surface area (Å²) in [5.41, 5.74) is 6.67. The molecule has 0 aliphatic carbocycles. The SMILES string of the molecule is CCC(CN)OCc1cccc(OC)c1. The van der Waals surface area contributed by atoms with Crippen LogP contribution in [0.4, 0.5) is 0 Å². The Hall–Kier alpha value is -1.06. The van der Waals surface area contributed by atoms with Crippen LogP contribution in [0.3, 0.4) is 0 Å². The van der Waals surface area contributed by atoms with Crippen LogP contribution in [0.25, 0.3) is 0 Å². The molecule has 0 radical (unpaired) electrons. The molecule has 1 rings (SSSR count). The normalized spacial score (nSPS) is 12.5. The first-order valence-corrected chi connectivity index (χ1v) is 5.24. The van der Waals surface area contributed by atoms with E-state index in [9.17, 15) is 0 Å². The van der Waals surface area contributed by atoms with Crippen molar-refractivity contribution in [2.24, 2.45) is 5.73 Å². The molecule has 1 atom stereocenters. The zero-order chi connectivity index (χ0) is 11.1. The summed E-state index contributed by atoms with van der Waals surface area (Å²) in [6.45, 7) is 3.23. The minimum atomic E-state index is 0.149. The first kappa shape index (κ1) is 12.0. The summed E-state index contributed by atoms with van der Waals surface area (Å²) in [5.74, 6) is 0.858. The summed E-state index contributed by atoms with van der Waals surface area (Å²) < 4.78 is 10.8. The van der Waals surface area contributed by atoms with Gasteiger partial charge >= 0.3 is 0 Å². The molecule has 0 bridgehead atoms. The van der Waals surface area contributed by atoms with Gasteiger partial charge in [0.05, 0.1) is 19.8 Å². The van der Waals surface area contributed by atoms with Crippen molar-refractivity contribution in [1.82, 2.24) is 0 Å². The van der Waals surface area contributed by atoms with Gasteiger partial charge in [0.15, 0.2) is 0 Å². The molecule has 0 aliphatic rings. The molecular weight excluding hydrogens is 190 g/mol. The number of hydrogen-bond donors (Lipinski definition) is 1. The van der Waals surface area contributed by atoms with Crippen LogP contribution in [0.2, 0.25) is 0 Å². The van der Waals surface area contributed by atoms with Crippen LogP contribution in [0, 0.1) is 0 Å². The van der Waals surface area contributed by atoms with E-state index < -0.39 is 0 Å². The fourth-order valence-electron chi connectivity index (χ4n) is 1.33. The molecule has 1 aromatic carbocycles. The molecule has 0 aromatic heterocycles. The van der Waals surface area contributed by atoms with Crippen LogP contribution in [-0.2, 0) is 11.3 Å². The Balaban J connectivity index is 2.49. The number of rotatable bonds is 6. The van der Waals surface area contributed by atoms with Crippen LogP contribution < -0.4 is 10.5 Å². The number of ether oxygens (including phenoxy) is 2. The first-order valence-electron chi connectivity index (χ1n) is 5.24. The summed E-state index contributed by atoms with van der Waals surface area (Å²) in [4.78, 5) is 0. The number of hydrogen-bond acceptors (Lipinski definition) is 3. The van der Waals surface area contributed by atoms with Crippen molar-refractivity contribution in [1.29, 1.82) is 0 Å². The lowest BCUT2D eigenvalue weighted by Crippen LogP contribution is -2.22. The van der Waals surface area contributed by atoms with E-state index in [1.54, 1.807) is 7.11 Å². The van der Waals surface area contributed by atoms with Crippen molar-refractivity contribution in [2.75, 3.05) is 13.7 Å². The second kappa shape index (κ2) is 6.43. The molecule has 0 spiro atoms. The third-order valence-corrected chi connectivity index (χ3v) is 2.34. The van der Waals surface area contributed by atoms with Crippen molar-refractivity contribution >= 4 is 0 Å². The van der Waals surface area contributed by atoms with Gasteiger partial charge in [-0.2, -0.15) is 0 Å². The average molecular weight is 209 g/mol. The zero-order valence-electron chi connectivity index (χ0n) is 9.40. The summed E-state index contributed by atoms with van der Waals surface area (Å²) in [5, 5.41) is 0. The standard InChI is InChI=1S/C12H19NO2/c1-3-11(8-13)15-9-10-5-4-6-12(7-10)14-2/h4-7,11H,3,8-9,13H2,1-2H3. The molecule has 0 fully saturated rings. The quantitative estimate of drug-likeness (QED) is 0.778. The second-order valence-electron chi connectivity index (χ2n) is 3.43. The van der Waals surface area contributed by atoms with Gasteiger partial charge in [-0.3, -0.25) is 0 Å². The number of methoxy groups -OCH3 is 1. The Bertz CT molecular complexity index is 285. The van der Waals surface area contributed by atoms with Gasteiger partial charge in [-0.15, -0.1) is 0 Å². The maximum Gasteiger partial charge on any atom is 0.119 e. The smallest absolute Gasteiger partial charge is 0.119 e. The minimum absolute atomic E-state index is 0.149. The van der Waals surface area contributed by atoms with Gasteiger partial charge < -0.3 is 15.2 Å². The van der Waals surface area contributed by atoms with Crippen LogP contribution in [0.15, 0.2) is 24.3 Å². The predicted molar refractivity (Wildman–Crippen MR) is 60.9 cm³/mol. The monoisotopic (exact) mass is 209 g/mol. The van der Waals surface area contributed by atoms with Crippen molar-refractivity contribution < 1.29 is 9.47 Å². The van der Waals surface area contributed by atoms with Crippen LogP contribution in [-0.4, -0.2) is 19.8 Å². The topological polar surface area (TPSA) is 44.5 Å². The summed E-state index contributed by atoms with van der Waals surface area (Å²) in [6, 6.07) is 7.87. The Morgan fingerprint density at radius 2 is 2.20 bits per heavy atom. The molecule has 3 nitrogen and oxygen atoms in total. The fraction of sp³-hybridized carbons (Fsp3) is 0.500. The summed E-state index contributed by atoms with van der Waals surface area (Å²) in [6.07, 6.45) is 1.09. The Kier molecular flexibility index (Phi) is 5.15. The Labute approximate surface area is 91.2 Å². The van der Waals surface area contributed by atoms with E-state index in [2.05, 4.69) is 6.92 Å². The van der Waals surface area contributed by atoms with Crippen LogP contribution >= 0.6 is 0 Å². The highest BCUT2D eigenvalue weighted by atomic mass is 16.5. The lowest BCUT2D eigenvalue weighted by Gasteiger charge is -2.13. The van der Waals surface area contributed by atoms with Gasteiger partial charge in [-0.25, -0.2) is 0 Å². The molecule has 84 valence electrons. The van der Waals surface area contributed by atoms with Gasteiger partial charge in [0.25, 0.3) is 0 Å². The van der Waals surface area contributed by atoms with Crippen molar-refractivity contribution in [3.8, 4) is 5.75 Å².